The highest BCUT2D eigenvalue weighted by atomic mass is 16.2. The SMILES string of the molecule is CCN1CC(c2nc3ccccc3n2C)CC1=O. The fourth-order valence-corrected chi connectivity index (χ4v) is 2.78. The van der Waals surface area contributed by atoms with Crippen molar-refractivity contribution in [3.63, 3.8) is 0 Å². The Kier molecular flexibility index (Phi) is 2.58. The predicted molar refractivity (Wildman–Crippen MR) is 70.3 cm³/mol. The lowest BCUT2D eigenvalue weighted by molar-refractivity contribution is -0.127. The van der Waals surface area contributed by atoms with Crippen LogP contribution in [-0.4, -0.2) is 33.4 Å². The Balaban J connectivity index is 2.00. The van der Waals surface area contributed by atoms with Gasteiger partial charge in [-0.2, -0.15) is 0 Å². The number of carbonyl (C=O) groups is 1. The summed E-state index contributed by atoms with van der Waals surface area (Å²) in [4.78, 5) is 18.4. The molecular formula is C14H17N3O. The minimum absolute atomic E-state index is 0.231. The number of imidazole rings is 1. The maximum atomic E-state index is 11.8. The van der Waals surface area contributed by atoms with Crippen molar-refractivity contribution in [2.24, 2.45) is 7.05 Å². The van der Waals surface area contributed by atoms with Crippen LogP contribution in [0.3, 0.4) is 0 Å². The van der Waals surface area contributed by atoms with Crippen molar-refractivity contribution in [1.29, 1.82) is 0 Å². The van der Waals surface area contributed by atoms with Gasteiger partial charge < -0.3 is 9.47 Å². The van der Waals surface area contributed by atoms with Crippen molar-refractivity contribution in [2.45, 2.75) is 19.3 Å². The van der Waals surface area contributed by atoms with Crippen molar-refractivity contribution >= 4 is 16.9 Å². The van der Waals surface area contributed by atoms with Gasteiger partial charge in [-0.1, -0.05) is 12.1 Å². The summed E-state index contributed by atoms with van der Waals surface area (Å²) in [7, 11) is 2.03. The Bertz CT molecular complexity index is 602. The maximum Gasteiger partial charge on any atom is 0.223 e. The minimum Gasteiger partial charge on any atom is -0.342 e. The molecule has 0 spiro atoms. The van der Waals surface area contributed by atoms with Gasteiger partial charge in [0.05, 0.1) is 11.0 Å². The third kappa shape index (κ3) is 1.60. The molecule has 1 aromatic heterocycles. The number of para-hydroxylation sites is 2. The van der Waals surface area contributed by atoms with Gasteiger partial charge in [0.25, 0.3) is 0 Å². The quantitative estimate of drug-likeness (QED) is 0.808. The highest BCUT2D eigenvalue weighted by Gasteiger charge is 2.32. The summed E-state index contributed by atoms with van der Waals surface area (Å²) in [6.45, 7) is 3.61. The van der Waals surface area contributed by atoms with Crippen molar-refractivity contribution < 1.29 is 4.79 Å². The predicted octanol–water partition coefficient (Wildman–Crippen LogP) is 1.91. The van der Waals surface area contributed by atoms with E-state index in [9.17, 15) is 4.79 Å². The number of likely N-dealkylation sites (tertiary alicyclic amines) is 1. The fourth-order valence-electron chi connectivity index (χ4n) is 2.78. The molecule has 3 rings (SSSR count). The number of aromatic nitrogens is 2. The lowest BCUT2D eigenvalue weighted by Crippen LogP contribution is -2.24. The van der Waals surface area contributed by atoms with Crippen LogP contribution in [0, 0.1) is 0 Å². The Morgan fingerprint density at radius 2 is 2.17 bits per heavy atom. The molecule has 2 heterocycles. The molecule has 0 radical (unpaired) electrons. The van der Waals surface area contributed by atoms with E-state index in [4.69, 9.17) is 0 Å². The van der Waals surface area contributed by atoms with E-state index >= 15 is 0 Å². The molecule has 0 N–H and O–H groups in total. The number of hydrogen-bond donors (Lipinski definition) is 0. The first kappa shape index (κ1) is 11.3. The van der Waals surface area contributed by atoms with Crippen LogP contribution >= 0.6 is 0 Å². The standard InChI is InChI=1S/C14H17N3O/c1-3-17-9-10(8-13(17)18)14-15-11-6-4-5-7-12(11)16(14)2/h4-7,10H,3,8-9H2,1-2H3. The molecule has 0 saturated carbocycles. The topological polar surface area (TPSA) is 38.1 Å². The average molecular weight is 243 g/mol. The second-order valence-electron chi connectivity index (χ2n) is 4.85. The average Bonchev–Trinajstić information content (AvgIpc) is 2.91. The molecule has 1 aromatic carbocycles. The Hall–Kier alpha value is -1.84. The highest BCUT2D eigenvalue weighted by molar-refractivity contribution is 5.80. The molecule has 94 valence electrons. The molecule has 0 aliphatic carbocycles. The summed E-state index contributed by atoms with van der Waals surface area (Å²) in [6, 6.07) is 8.11. The van der Waals surface area contributed by atoms with Gasteiger partial charge in [0.2, 0.25) is 5.91 Å². The summed E-state index contributed by atoms with van der Waals surface area (Å²) in [5.74, 6) is 1.50. The van der Waals surface area contributed by atoms with Crippen LogP contribution in [0.5, 0.6) is 0 Å². The first-order valence-corrected chi connectivity index (χ1v) is 6.40. The zero-order chi connectivity index (χ0) is 12.7. The molecule has 1 aliphatic heterocycles. The summed E-state index contributed by atoms with van der Waals surface area (Å²) >= 11 is 0. The van der Waals surface area contributed by atoms with Crippen LogP contribution in [0.15, 0.2) is 24.3 Å². The number of hydrogen-bond acceptors (Lipinski definition) is 2. The molecule has 1 atom stereocenters. The molecule has 1 saturated heterocycles. The lowest BCUT2D eigenvalue weighted by Gasteiger charge is -2.13. The van der Waals surface area contributed by atoms with E-state index in [1.54, 1.807) is 0 Å². The Morgan fingerprint density at radius 1 is 1.39 bits per heavy atom. The van der Waals surface area contributed by atoms with Gasteiger partial charge >= 0.3 is 0 Å². The molecule has 1 unspecified atom stereocenters. The lowest BCUT2D eigenvalue weighted by atomic mass is 10.1. The van der Waals surface area contributed by atoms with Crippen LogP contribution < -0.4 is 0 Å². The molecule has 1 fully saturated rings. The van der Waals surface area contributed by atoms with E-state index in [0.717, 1.165) is 29.9 Å². The van der Waals surface area contributed by atoms with Crippen LogP contribution in [0.25, 0.3) is 11.0 Å². The van der Waals surface area contributed by atoms with Crippen molar-refractivity contribution in [1.82, 2.24) is 14.5 Å². The van der Waals surface area contributed by atoms with E-state index in [1.165, 1.54) is 0 Å². The van der Waals surface area contributed by atoms with Gasteiger partial charge in [0.15, 0.2) is 0 Å². The first-order valence-electron chi connectivity index (χ1n) is 6.40. The van der Waals surface area contributed by atoms with E-state index in [0.29, 0.717) is 6.42 Å². The molecule has 0 bridgehead atoms. The molecule has 1 amide bonds. The third-order valence-corrected chi connectivity index (χ3v) is 3.78. The summed E-state index contributed by atoms with van der Waals surface area (Å²) < 4.78 is 2.12. The van der Waals surface area contributed by atoms with Gasteiger partial charge in [-0.15, -0.1) is 0 Å². The highest BCUT2D eigenvalue weighted by Crippen LogP contribution is 2.29. The Labute approximate surface area is 106 Å². The smallest absolute Gasteiger partial charge is 0.223 e. The zero-order valence-corrected chi connectivity index (χ0v) is 10.8. The molecule has 18 heavy (non-hydrogen) atoms. The molecule has 4 heteroatoms. The van der Waals surface area contributed by atoms with Crippen molar-refractivity contribution in [3.05, 3.63) is 30.1 Å². The Morgan fingerprint density at radius 3 is 2.83 bits per heavy atom. The third-order valence-electron chi connectivity index (χ3n) is 3.78. The van der Waals surface area contributed by atoms with E-state index in [1.807, 2.05) is 37.1 Å². The number of benzene rings is 1. The number of aryl methyl sites for hydroxylation is 1. The number of nitrogens with zero attached hydrogens (tertiary/aromatic N) is 3. The van der Waals surface area contributed by atoms with Gasteiger partial charge in [0, 0.05) is 32.5 Å². The van der Waals surface area contributed by atoms with Gasteiger partial charge in [-0.3, -0.25) is 4.79 Å². The molecular weight excluding hydrogens is 226 g/mol. The normalized spacial score (nSPS) is 20.0. The summed E-state index contributed by atoms with van der Waals surface area (Å²) in [5.41, 5.74) is 2.15. The first-order chi connectivity index (χ1) is 8.70. The zero-order valence-electron chi connectivity index (χ0n) is 10.8. The van der Waals surface area contributed by atoms with Crippen molar-refractivity contribution in [3.8, 4) is 0 Å². The van der Waals surface area contributed by atoms with Crippen LogP contribution in [-0.2, 0) is 11.8 Å². The number of amides is 1. The van der Waals surface area contributed by atoms with Crippen molar-refractivity contribution in [2.75, 3.05) is 13.1 Å². The monoisotopic (exact) mass is 243 g/mol. The van der Waals surface area contributed by atoms with Crippen LogP contribution in [0.2, 0.25) is 0 Å². The minimum atomic E-state index is 0.231. The number of fused-ring (bicyclic) bond motifs is 1. The molecule has 1 aliphatic rings. The van der Waals surface area contributed by atoms with Gasteiger partial charge in [-0.05, 0) is 19.1 Å². The molecule has 2 aromatic rings. The van der Waals surface area contributed by atoms with Gasteiger partial charge in [0.1, 0.15) is 5.82 Å². The maximum absolute atomic E-state index is 11.8. The second kappa shape index (κ2) is 4.12. The number of likely N-dealkylation sites (N-methyl/N-ethyl adjacent to an activating group) is 1. The summed E-state index contributed by atoms with van der Waals surface area (Å²) in [6.07, 6.45) is 0.588. The number of rotatable bonds is 2. The summed E-state index contributed by atoms with van der Waals surface area (Å²) in [5, 5.41) is 0. The number of carbonyl (C=O) groups excluding carboxylic acids is 1. The van der Waals surface area contributed by atoms with Crippen LogP contribution in [0.4, 0.5) is 0 Å². The second-order valence-corrected chi connectivity index (χ2v) is 4.85. The largest absolute Gasteiger partial charge is 0.342 e. The van der Waals surface area contributed by atoms with E-state index < -0.39 is 0 Å². The fraction of sp³-hybridized carbons (Fsp3) is 0.429. The van der Waals surface area contributed by atoms with Gasteiger partial charge in [-0.25, -0.2) is 4.98 Å². The van der Waals surface area contributed by atoms with E-state index in [-0.39, 0.29) is 11.8 Å². The van der Waals surface area contributed by atoms with E-state index in [2.05, 4.69) is 15.6 Å². The molecule has 4 nitrogen and oxygen atoms in total. The van der Waals surface area contributed by atoms with Crippen LogP contribution in [0.1, 0.15) is 25.1 Å².